The second-order valence-corrected chi connectivity index (χ2v) is 4.16. The fraction of sp³-hybridized carbons (Fsp3) is 1.00. The van der Waals surface area contributed by atoms with E-state index in [0.29, 0.717) is 11.2 Å². The Labute approximate surface area is 65.6 Å². The molecule has 0 saturated heterocycles. The van der Waals surface area contributed by atoms with E-state index >= 15 is 0 Å². The lowest BCUT2D eigenvalue weighted by Gasteiger charge is -2.36. The van der Waals surface area contributed by atoms with Gasteiger partial charge in [-0.1, -0.05) is 11.0 Å². The average molecular weight is 190 g/mol. The van der Waals surface area contributed by atoms with Crippen LogP contribution < -0.4 is 5.14 Å². The lowest BCUT2D eigenvalue weighted by atomic mass is 10.4. The van der Waals surface area contributed by atoms with Crippen LogP contribution in [-0.2, 0) is 0 Å². The molecule has 0 radical (unpaired) electrons. The molecule has 0 rings (SSSR count). The summed E-state index contributed by atoms with van der Waals surface area (Å²) in [6.07, 6.45) is 0. The van der Waals surface area contributed by atoms with E-state index in [9.17, 15) is 8.78 Å². The highest BCUT2D eigenvalue weighted by Crippen LogP contribution is 2.33. The third kappa shape index (κ3) is 5.33. The molecule has 4 nitrogen and oxygen atoms in total. The lowest BCUT2D eigenvalue weighted by Crippen LogP contribution is -2.37. The van der Waals surface area contributed by atoms with E-state index in [2.05, 4.69) is 0 Å². The zero-order chi connectivity index (χ0) is 9.28. The molecule has 0 aromatic rings. The molecule has 0 unspecified atom stereocenters. The minimum Gasteiger partial charge on any atom is -0.273 e. The third-order valence-electron chi connectivity index (χ3n) is 0.959. The molecule has 0 heterocycles. The molecule has 0 saturated carbocycles. The molecular weight excluding hydrogens is 178 g/mol. The fourth-order valence-electron chi connectivity index (χ4n) is 0.486. The van der Waals surface area contributed by atoms with Crippen LogP contribution in [0.1, 0.15) is 6.92 Å². The van der Waals surface area contributed by atoms with E-state index in [4.69, 9.17) is 14.2 Å². The molecule has 0 fully saturated rings. The van der Waals surface area contributed by atoms with Crippen LogP contribution in [-0.4, -0.2) is 32.9 Å². The number of hydrogen-bond donors (Lipinski definition) is 3. The summed E-state index contributed by atoms with van der Waals surface area (Å²) in [6, 6.07) is 0. The van der Waals surface area contributed by atoms with Crippen molar-refractivity contribution >= 4 is 11.0 Å². The number of nitrogens with two attached hydrogens (primary N) is 1. The maximum Gasteiger partial charge on any atom is 0.259 e. The molecule has 0 aromatic heterocycles. The standard InChI is InChI=1S/C4H12F2N2O2S/c1-4(5,6)3-8(2)11(7,9)10/h9-10H,3,7H2,1-2H3. The molecule has 0 amide bonds. The minimum atomic E-state index is -3.48. The monoisotopic (exact) mass is 190 g/mol. The van der Waals surface area contributed by atoms with E-state index in [1.807, 2.05) is 0 Å². The van der Waals surface area contributed by atoms with Gasteiger partial charge in [0.25, 0.3) is 5.92 Å². The first-order chi connectivity index (χ1) is 4.63. The Morgan fingerprint density at radius 1 is 1.55 bits per heavy atom. The summed E-state index contributed by atoms with van der Waals surface area (Å²) < 4.78 is 42.3. The van der Waals surface area contributed by atoms with Gasteiger partial charge in [-0.15, -0.1) is 0 Å². The highest BCUT2D eigenvalue weighted by Gasteiger charge is 2.27. The second kappa shape index (κ2) is 3.20. The zero-order valence-corrected chi connectivity index (χ0v) is 7.11. The van der Waals surface area contributed by atoms with Gasteiger partial charge in [0.2, 0.25) is 0 Å². The second-order valence-electron chi connectivity index (χ2n) is 2.42. The van der Waals surface area contributed by atoms with Crippen molar-refractivity contribution in [3.63, 3.8) is 0 Å². The number of halogens is 2. The van der Waals surface area contributed by atoms with Crippen LogP contribution in [0.3, 0.4) is 0 Å². The summed E-state index contributed by atoms with van der Waals surface area (Å²) in [5.41, 5.74) is 0. The van der Waals surface area contributed by atoms with Gasteiger partial charge in [0.1, 0.15) is 0 Å². The zero-order valence-electron chi connectivity index (χ0n) is 6.29. The maximum atomic E-state index is 12.2. The quantitative estimate of drug-likeness (QED) is 0.623. The van der Waals surface area contributed by atoms with Crippen molar-refractivity contribution in [1.29, 1.82) is 0 Å². The van der Waals surface area contributed by atoms with Crippen LogP contribution in [0.15, 0.2) is 0 Å². The predicted molar refractivity (Wildman–Crippen MR) is 40.3 cm³/mol. The Morgan fingerprint density at radius 2 is 1.91 bits per heavy atom. The van der Waals surface area contributed by atoms with Gasteiger partial charge in [0, 0.05) is 14.0 Å². The molecule has 11 heavy (non-hydrogen) atoms. The van der Waals surface area contributed by atoms with Crippen LogP contribution in [0.4, 0.5) is 8.78 Å². The smallest absolute Gasteiger partial charge is 0.259 e. The van der Waals surface area contributed by atoms with Crippen LogP contribution in [0.5, 0.6) is 0 Å². The van der Waals surface area contributed by atoms with Gasteiger partial charge in [-0.05, 0) is 0 Å². The molecule has 0 bridgehead atoms. The number of nitrogens with zero attached hydrogens (tertiary/aromatic N) is 1. The number of hydrogen-bond acceptors (Lipinski definition) is 4. The van der Waals surface area contributed by atoms with Gasteiger partial charge in [0.05, 0.1) is 6.54 Å². The molecule has 0 atom stereocenters. The largest absolute Gasteiger partial charge is 0.273 e. The van der Waals surface area contributed by atoms with E-state index < -0.39 is 23.4 Å². The van der Waals surface area contributed by atoms with Gasteiger partial charge in [-0.2, -0.15) is 4.31 Å². The molecule has 70 valence electrons. The van der Waals surface area contributed by atoms with Crippen molar-refractivity contribution in [3.8, 4) is 0 Å². The van der Waals surface area contributed by atoms with Crippen LogP contribution in [0.25, 0.3) is 0 Å². The summed E-state index contributed by atoms with van der Waals surface area (Å²) in [5, 5.41) is 4.77. The SMILES string of the molecule is CN(CC(C)(F)F)S(N)(O)O. The Kier molecular flexibility index (Phi) is 3.21. The first kappa shape index (κ1) is 11.1. The Balaban J connectivity index is 3.99. The lowest BCUT2D eigenvalue weighted by molar-refractivity contribution is 0.00647. The topological polar surface area (TPSA) is 69.7 Å². The molecule has 0 aliphatic heterocycles. The molecular formula is C4H12F2N2O2S. The van der Waals surface area contributed by atoms with E-state index in [0.717, 1.165) is 7.05 Å². The molecule has 4 N–H and O–H groups in total. The van der Waals surface area contributed by atoms with Crippen LogP contribution >= 0.6 is 11.0 Å². The van der Waals surface area contributed by atoms with E-state index in [1.165, 1.54) is 0 Å². The van der Waals surface area contributed by atoms with Crippen molar-refractivity contribution in [3.05, 3.63) is 0 Å². The van der Waals surface area contributed by atoms with Crippen molar-refractivity contribution in [2.75, 3.05) is 13.6 Å². The molecule has 0 aromatic carbocycles. The van der Waals surface area contributed by atoms with Crippen LogP contribution in [0, 0.1) is 0 Å². The van der Waals surface area contributed by atoms with Gasteiger partial charge in [-0.25, -0.2) is 13.9 Å². The summed E-state index contributed by atoms with van der Waals surface area (Å²) in [4.78, 5) is 0. The van der Waals surface area contributed by atoms with Crippen molar-refractivity contribution < 1.29 is 17.9 Å². The first-order valence-corrected chi connectivity index (χ1v) is 4.35. The Hall–Kier alpha value is 0.0500. The van der Waals surface area contributed by atoms with E-state index in [-0.39, 0.29) is 0 Å². The van der Waals surface area contributed by atoms with Gasteiger partial charge < -0.3 is 0 Å². The highest BCUT2D eigenvalue weighted by molar-refractivity contribution is 8.20. The first-order valence-electron chi connectivity index (χ1n) is 2.78. The van der Waals surface area contributed by atoms with Crippen molar-refractivity contribution in [2.45, 2.75) is 12.8 Å². The molecule has 0 aliphatic rings. The highest BCUT2D eigenvalue weighted by atomic mass is 32.3. The molecule has 0 aliphatic carbocycles. The fourth-order valence-corrected chi connectivity index (χ4v) is 0.903. The Morgan fingerprint density at radius 3 is 2.00 bits per heavy atom. The summed E-state index contributed by atoms with van der Waals surface area (Å²) in [6.45, 7) is -0.0967. The Bertz CT molecular complexity index is 133. The maximum absolute atomic E-state index is 12.2. The van der Waals surface area contributed by atoms with Crippen molar-refractivity contribution in [1.82, 2.24) is 4.31 Å². The summed E-state index contributed by atoms with van der Waals surface area (Å²) in [5.74, 6) is -2.97. The van der Waals surface area contributed by atoms with Crippen LogP contribution in [0.2, 0.25) is 0 Å². The summed E-state index contributed by atoms with van der Waals surface area (Å²) in [7, 11) is -2.36. The normalized spacial score (nSPS) is 15.6. The van der Waals surface area contributed by atoms with Gasteiger partial charge in [0.15, 0.2) is 0 Å². The minimum absolute atomic E-state index is 0.618. The van der Waals surface area contributed by atoms with E-state index in [1.54, 1.807) is 0 Å². The van der Waals surface area contributed by atoms with Crippen molar-refractivity contribution in [2.24, 2.45) is 5.14 Å². The van der Waals surface area contributed by atoms with Gasteiger partial charge >= 0.3 is 0 Å². The predicted octanol–water partition coefficient (Wildman–Crippen LogP) is 1.11. The molecule has 7 heteroatoms. The number of alkyl halides is 2. The third-order valence-corrected chi connectivity index (χ3v) is 2.01. The average Bonchev–Trinajstić information content (AvgIpc) is 1.56. The summed E-state index contributed by atoms with van der Waals surface area (Å²) >= 11 is 0. The number of rotatable bonds is 3. The van der Waals surface area contributed by atoms with Gasteiger partial charge in [-0.3, -0.25) is 9.11 Å². The molecule has 0 spiro atoms.